The Morgan fingerprint density at radius 3 is 2.69 bits per heavy atom. The van der Waals surface area contributed by atoms with Gasteiger partial charge < -0.3 is 18.9 Å². The zero-order valence-electron chi connectivity index (χ0n) is 15.7. The molecule has 2 aromatic heterocycles. The normalized spacial score (nSPS) is 15.8. The zero-order chi connectivity index (χ0) is 20.2. The van der Waals surface area contributed by atoms with Gasteiger partial charge >= 0.3 is 5.97 Å². The predicted octanol–water partition coefficient (Wildman–Crippen LogP) is 3.15. The number of aromatic amines is 1. The molecule has 0 unspecified atom stereocenters. The molecule has 3 aromatic rings. The number of nitrogens with zero attached hydrogens (tertiary/aromatic N) is 2. The van der Waals surface area contributed by atoms with Gasteiger partial charge in [-0.25, -0.2) is 9.80 Å². The van der Waals surface area contributed by atoms with E-state index in [0.29, 0.717) is 12.2 Å². The smallest absolute Gasteiger partial charge is 0.355 e. The third-order valence-corrected chi connectivity index (χ3v) is 4.61. The van der Waals surface area contributed by atoms with Crippen molar-refractivity contribution in [1.82, 2.24) is 9.99 Å². The molecule has 1 aliphatic heterocycles. The Morgan fingerprint density at radius 1 is 1.21 bits per heavy atom. The van der Waals surface area contributed by atoms with E-state index in [9.17, 15) is 9.59 Å². The molecule has 1 aliphatic rings. The molecule has 1 amide bonds. The molecule has 4 rings (SSSR count). The molecule has 0 saturated heterocycles. The van der Waals surface area contributed by atoms with Crippen LogP contribution in [-0.2, 0) is 9.53 Å². The monoisotopic (exact) mass is 393 g/mol. The second-order valence-electron chi connectivity index (χ2n) is 6.41. The number of H-pyrrole nitrogens is 1. The lowest BCUT2D eigenvalue weighted by atomic mass is 10.0. The van der Waals surface area contributed by atoms with Gasteiger partial charge in [0.1, 0.15) is 23.2 Å². The van der Waals surface area contributed by atoms with Gasteiger partial charge in [-0.05, 0) is 54.1 Å². The Balaban J connectivity index is 1.52. The van der Waals surface area contributed by atoms with Crippen molar-refractivity contribution in [1.29, 1.82) is 0 Å². The van der Waals surface area contributed by atoms with Crippen LogP contribution < -0.4 is 4.74 Å². The van der Waals surface area contributed by atoms with Gasteiger partial charge in [-0.15, -0.1) is 0 Å². The molecule has 0 fully saturated rings. The van der Waals surface area contributed by atoms with Crippen molar-refractivity contribution in [2.75, 3.05) is 13.7 Å². The third-order valence-electron chi connectivity index (χ3n) is 4.61. The Labute approximate surface area is 166 Å². The molecule has 29 heavy (non-hydrogen) atoms. The number of nitrogens with one attached hydrogen (secondary N) is 1. The summed E-state index contributed by atoms with van der Waals surface area (Å²) in [5.74, 6) is 0.312. The lowest BCUT2D eigenvalue weighted by Crippen LogP contribution is -2.31. The van der Waals surface area contributed by atoms with Crippen LogP contribution in [0.25, 0.3) is 0 Å². The van der Waals surface area contributed by atoms with Crippen LogP contribution in [0.5, 0.6) is 5.75 Å². The second-order valence-corrected chi connectivity index (χ2v) is 6.41. The number of hydrogen-bond donors (Lipinski definition) is 1. The van der Waals surface area contributed by atoms with Crippen LogP contribution in [0.3, 0.4) is 0 Å². The fourth-order valence-electron chi connectivity index (χ4n) is 3.13. The quantitative estimate of drug-likeness (QED) is 0.649. The van der Waals surface area contributed by atoms with Gasteiger partial charge in [0, 0.05) is 12.6 Å². The van der Waals surface area contributed by atoms with E-state index >= 15 is 0 Å². The molecule has 1 atom stereocenters. The van der Waals surface area contributed by atoms with Crippen LogP contribution in [0.4, 0.5) is 0 Å². The first-order chi connectivity index (χ1) is 14.2. The Hall–Kier alpha value is -3.81. The van der Waals surface area contributed by atoms with Crippen molar-refractivity contribution in [3.05, 3.63) is 78.0 Å². The van der Waals surface area contributed by atoms with Crippen molar-refractivity contribution in [2.45, 2.75) is 12.5 Å². The largest absolute Gasteiger partial charge is 0.497 e. The first-order valence-electron chi connectivity index (χ1n) is 9.03. The molecule has 8 heteroatoms. The highest BCUT2D eigenvalue weighted by molar-refractivity contribution is 6.03. The second kappa shape index (κ2) is 8.05. The van der Waals surface area contributed by atoms with Gasteiger partial charge in [0.25, 0.3) is 5.91 Å². The topological polar surface area (TPSA) is 97.1 Å². The van der Waals surface area contributed by atoms with E-state index in [0.717, 1.165) is 17.0 Å². The summed E-state index contributed by atoms with van der Waals surface area (Å²) in [4.78, 5) is 27.5. The average molecular weight is 393 g/mol. The number of rotatable bonds is 6. The van der Waals surface area contributed by atoms with Crippen molar-refractivity contribution in [3.63, 3.8) is 0 Å². The number of amides is 1. The molecule has 3 heterocycles. The Kier molecular flexibility index (Phi) is 5.15. The highest BCUT2D eigenvalue weighted by atomic mass is 16.5. The van der Waals surface area contributed by atoms with Gasteiger partial charge in [0.05, 0.1) is 19.1 Å². The number of ether oxygens (including phenoxy) is 2. The standard InChI is InChI=1S/C21H19N3O5/c1-27-15-8-6-14(7-9-15)17-12-18(19-5-3-11-28-19)24(23-17)20(25)13-29-21(26)16-4-2-10-22-16/h2-11,18,22H,12-13H2,1H3/t18-/m1/s1. The molecule has 148 valence electrons. The summed E-state index contributed by atoms with van der Waals surface area (Å²) < 4.78 is 15.8. The molecule has 8 nitrogen and oxygen atoms in total. The van der Waals surface area contributed by atoms with E-state index in [-0.39, 0.29) is 5.69 Å². The molecule has 0 spiro atoms. The minimum Gasteiger partial charge on any atom is -0.497 e. The summed E-state index contributed by atoms with van der Waals surface area (Å²) in [6.45, 7) is -0.422. The number of aromatic nitrogens is 1. The van der Waals surface area contributed by atoms with Crippen LogP contribution >= 0.6 is 0 Å². The van der Waals surface area contributed by atoms with E-state index in [4.69, 9.17) is 13.9 Å². The summed E-state index contributed by atoms with van der Waals surface area (Å²) in [6.07, 6.45) is 3.64. The zero-order valence-corrected chi connectivity index (χ0v) is 15.7. The SMILES string of the molecule is COc1ccc(C2=NN(C(=O)COC(=O)c3ccc[nH]3)[C@@H](c3ccco3)C2)cc1. The molecule has 1 aromatic carbocycles. The summed E-state index contributed by atoms with van der Waals surface area (Å²) in [5, 5.41) is 5.81. The minimum atomic E-state index is -0.601. The van der Waals surface area contributed by atoms with E-state index in [1.807, 2.05) is 24.3 Å². The Morgan fingerprint density at radius 2 is 2.03 bits per heavy atom. The highest BCUT2D eigenvalue weighted by Gasteiger charge is 2.35. The summed E-state index contributed by atoms with van der Waals surface area (Å²) in [6, 6.07) is 13.8. The number of hydrazone groups is 1. The lowest BCUT2D eigenvalue weighted by molar-refractivity contribution is -0.136. The van der Waals surface area contributed by atoms with Gasteiger partial charge in [-0.1, -0.05) is 0 Å². The van der Waals surface area contributed by atoms with E-state index in [1.54, 1.807) is 43.8 Å². The molecular formula is C21H19N3O5. The van der Waals surface area contributed by atoms with Crippen LogP contribution in [0.2, 0.25) is 0 Å². The van der Waals surface area contributed by atoms with Crippen molar-refractivity contribution >= 4 is 17.6 Å². The minimum absolute atomic E-state index is 0.282. The van der Waals surface area contributed by atoms with Gasteiger partial charge in [-0.2, -0.15) is 5.10 Å². The maximum Gasteiger partial charge on any atom is 0.355 e. The first kappa shape index (κ1) is 18.5. The average Bonchev–Trinajstić information content (AvgIpc) is 3.52. The van der Waals surface area contributed by atoms with E-state index in [2.05, 4.69) is 10.1 Å². The maximum atomic E-state index is 12.8. The highest BCUT2D eigenvalue weighted by Crippen LogP contribution is 2.33. The van der Waals surface area contributed by atoms with Crippen molar-refractivity contribution < 1.29 is 23.5 Å². The third kappa shape index (κ3) is 3.91. The number of esters is 1. The van der Waals surface area contributed by atoms with Gasteiger partial charge in [0.15, 0.2) is 6.61 Å². The fraction of sp³-hybridized carbons (Fsp3) is 0.190. The fourth-order valence-corrected chi connectivity index (χ4v) is 3.13. The summed E-state index contributed by atoms with van der Waals surface area (Å²) >= 11 is 0. The van der Waals surface area contributed by atoms with E-state index in [1.165, 1.54) is 5.01 Å². The van der Waals surface area contributed by atoms with Gasteiger partial charge in [-0.3, -0.25) is 4.79 Å². The van der Waals surface area contributed by atoms with Crippen LogP contribution in [-0.4, -0.2) is 41.3 Å². The number of hydrogen-bond acceptors (Lipinski definition) is 6. The van der Waals surface area contributed by atoms with E-state index < -0.39 is 24.5 Å². The lowest BCUT2D eigenvalue weighted by Gasteiger charge is -2.19. The number of carbonyl (C=O) groups excluding carboxylic acids is 2. The molecular weight excluding hydrogens is 374 g/mol. The number of carbonyl (C=O) groups is 2. The number of furan rings is 1. The molecule has 0 bridgehead atoms. The molecule has 1 N–H and O–H groups in total. The van der Waals surface area contributed by atoms with Crippen LogP contribution in [0, 0.1) is 0 Å². The van der Waals surface area contributed by atoms with Crippen LogP contribution in [0.1, 0.15) is 34.3 Å². The molecule has 0 saturated carbocycles. The van der Waals surface area contributed by atoms with Crippen LogP contribution in [0.15, 0.2) is 70.5 Å². The predicted molar refractivity (Wildman–Crippen MR) is 104 cm³/mol. The molecule has 0 radical (unpaired) electrons. The summed E-state index contributed by atoms with van der Waals surface area (Å²) in [5.41, 5.74) is 1.89. The number of benzene rings is 1. The van der Waals surface area contributed by atoms with Crippen molar-refractivity contribution in [3.8, 4) is 5.75 Å². The van der Waals surface area contributed by atoms with Gasteiger partial charge in [0.2, 0.25) is 0 Å². The molecule has 0 aliphatic carbocycles. The number of methoxy groups -OCH3 is 1. The summed E-state index contributed by atoms with van der Waals surface area (Å²) in [7, 11) is 1.60. The van der Waals surface area contributed by atoms with Crippen molar-refractivity contribution in [2.24, 2.45) is 5.10 Å². The first-order valence-corrected chi connectivity index (χ1v) is 9.03. The maximum absolute atomic E-state index is 12.8. The Bertz CT molecular complexity index is 1010.